The van der Waals surface area contributed by atoms with Crippen molar-refractivity contribution in [3.8, 4) is 28.7 Å². The lowest BCUT2D eigenvalue weighted by Crippen LogP contribution is -2.49. The third kappa shape index (κ3) is 7.21. The maximum atomic E-state index is 13.3. The number of hydrogen-bond acceptors (Lipinski definition) is 9. The number of aromatic nitrogens is 3. The molecule has 6 rings (SSSR count). The largest absolute Gasteiger partial charge is 0.497 e. The van der Waals surface area contributed by atoms with E-state index in [1.165, 1.54) is 25.3 Å². The molecular weight excluding hydrogens is 711 g/mol. The molecule has 13 nitrogen and oxygen atoms in total. The predicted molar refractivity (Wildman–Crippen MR) is 175 cm³/mol. The van der Waals surface area contributed by atoms with Crippen LogP contribution < -0.4 is 35.1 Å². The van der Waals surface area contributed by atoms with E-state index in [2.05, 4.69) is 10.4 Å². The van der Waals surface area contributed by atoms with Gasteiger partial charge in [-0.25, -0.2) is 22.0 Å². The van der Waals surface area contributed by atoms with Gasteiger partial charge in [0.25, 0.3) is 12.0 Å². The summed E-state index contributed by atoms with van der Waals surface area (Å²) in [7, 11) is -1.83. The standard InChI is InChI=1S/C31H27Cl2F2N5O8S/c1-46-19-6-2-16(3-7-19)15-47-24-9-8-20(14-23(24)40(49(44)45)31(10-11-31)29(42)36-17-4-5-17)48-26-21(32)12-18(13-22(26)33)39-30(43)37-28(41)25(38-39)27(34)35/h2-3,6-9,12-14,17,27,49H,4-5,10-11,15H2,1H3,(H,36,42)(H,37,41,43). The number of benzene rings is 3. The molecule has 4 aromatic rings. The molecule has 0 aliphatic heterocycles. The summed E-state index contributed by atoms with van der Waals surface area (Å²) in [6.45, 7) is 0.0481. The minimum absolute atomic E-state index is 0.00627. The predicted octanol–water partition coefficient (Wildman–Crippen LogP) is 4.69. The van der Waals surface area contributed by atoms with Crippen LogP contribution in [0.5, 0.6) is 23.0 Å². The van der Waals surface area contributed by atoms with Crippen molar-refractivity contribution in [3.05, 3.63) is 96.7 Å². The molecule has 2 fully saturated rings. The van der Waals surface area contributed by atoms with Crippen molar-refractivity contribution in [1.82, 2.24) is 20.1 Å². The van der Waals surface area contributed by atoms with Gasteiger partial charge < -0.3 is 19.5 Å². The number of hydrogen-bond donors (Lipinski definition) is 3. The molecule has 2 aliphatic rings. The molecule has 3 aromatic carbocycles. The second-order valence-electron chi connectivity index (χ2n) is 11.3. The van der Waals surface area contributed by atoms with Crippen molar-refractivity contribution in [2.24, 2.45) is 0 Å². The summed E-state index contributed by atoms with van der Waals surface area (Å²) in [5.74, 6) is 0.274. The van der Waals surface area contributed by atoms with Crippen LogP contribution in [0.3, 0.4) is 0 Å². The minimum Gasteiger partial charge on any atom is -0.497 e. The van der Waals surface area contributed by atoms with Gasteiger partial charge in [0.1, 0.15) is 29.4 Å². The van der Waals surface area contributed by atoms with Gasteiger partial charge in [0.05, 0.1) is 28.5 Å². The van der Waals surface area contributed by atoms with Gasteiger partial charge in [0, 0.05) is 12.1 Å². The molecule has 0 spiro atoms. The number of nitrogens with zero attached hydrogens (tertiary/aromatic N) is 3. The molecule has 1 aromatic heterocycles. The Hall–Kier alpha value is -4.67. The van der Waals surface area contributed by atoms with Crippen LogP contribution in [0.4, 0.5) is 14.5 Å². The minimum atomic E-state index is -3.37. The van der Waals surface area contributed by atoms with Crippen LogP contribution in [-0.2, 0) is 22.3 Å². The van der Waals surface area contributed by atoms with Gasteiger partial charge in [-0.2, -0.15) is 9.78 Å². The first-order valence-electron chi connectivity index (χ1n) is 14.7. The summed E-state index contributed by atoms with van der Waals surface area (Å²) in [4.78, 5) is 39.2. The third-order valence-electron chi connectivity index (χ3n) is 7.85. The highest BCUT2D eigenvalue weighted by Crippen LogP contribution is 2.49. The Kier molecular flexibility index (Phi) is 9.55. The molecular formula is C31H27Cl2F2N5O8S. The zero-order chi connectivity index (χ0) is 35.0. The van der Waals surface area contributed by atoms with Gasteiger partial charge in [-0.15, -0.1) is 0 Å². The van der Waals surface area contributed by atoms with E-state index in [0.717, 1.165) is 34.8 Å². The monoisotopic (exact) mass is 737 g/mol. The van der Waals surface area contributed by atoms with E-state index in [1.807, 2.05) is 0 Å². The van der Waals surface area contributed by atoms with E-state index in [-0.39, 0.29) is 64.2 Å². The number of alkyl halides is 2. The van der Waals surface area contributed by atoms with Gasteiger partial charge in [-0.3, -0.25) is 18.9 Å². The Balaban J connectivity index is 1.36. The summed E-state index contributed by atoms with van der Waals surface area (Å²) in [5.41, 5.74) is -4.37. The van der Waals surface area contributed by atoms with Gasteiger partial charge >= 0.3 is 5.69 Å². The lowest BCUT2D eigenvalue weighted by molar-refractivity contribution is -0.123. The molecule has 18 heteroatoms. The summed E-state index contributed by atoms with van der Waals surface area (Å²) < 4.78 is 71.1. The van der Waals surface area contributed by atoms with Crippen LogP contribution >= 0.6 is 23.2 Å². The summed E-state index contributed by atoms with van der Waals surface area (Å²) in [5, 5.41) is 5.97. The molecule has 0 saturated heterocycles. The smallest absolute Gasteiger partial charge is 0.349 e. The van der Waals surface area contributed by atoms with E-state index in [4.69, 9.17) is 37.4 Å². The first kappa shape index (κ1) is 34.2. The number of carbonyl (C=O) groups excluding carboxylic acids is 1. The third-order valence-corrected chi connectivity index (χ3v) is 9.33. The quantitative estimate of drug-likeness (QED) is 0.165. The number of ether oxygens (including phenoxy) is 3. The maximum Gasteiger partial charge on any atom is 0.349 e. The Morgan fingerprint density at radius 3 is 2.31 bits per heavy atom. The zero-order valence-corrected chi connectivity index (χ0v) is 27.9. The van der Waals surface area contributed by atoms with Crippen molar-refractivity contribution in [1.29, 1.82) is 0 Å². The molecule has 1 amide bonds. The normalized spacial score (nSPS) is 14.8. The number of anilines is 1. The molecule has 1 heterocycles. The van der Waals surface area contributed by atoms with E-state index in [0.29, 0.717) is 10.4 Å². The number of H-pyrrole nitrogens is 1. The fourth-order valence-corrected chi connectivity index (χ4v) is 6.51. The highest BCUT2D eigenvalue weighted by Gasteiger charge is 2.58. The number of halogens is 4. The van der Waals surface area contributed by atoms with Crippen LogP contribution in [0, 0.1) is 0 Å². The van der Waals surface area contributed by atoms with Crippen LogP contribution in [0.2, 0.25) is 10.0 Å². The molecule has 0 unspecified atom stereocenters. The second kappa shape index (κ2) is 13.7. The number of methoxy groups -OCH3 is 1. The number of nitrogens with one attached hydrogen (secondary N) is 2. The van der Waals surface area contributed by atoms with E-state index < -0.39 is 45.7 Å². The summed E-state index contributed by atoms with van der Waals surface area (Å²) in [6.07, 6.45) is -1.08. The Labute approximate surface area is 288 Å². The van der Waals surface area contributed by atoms with Crippen LogP contribution in [0.1, 0.15) is 43.4 Å². The maximum absolute atomic E-state index is 13.3. The SMILES string of the molecule is COc1ccc(COc2ccc(Oc3c(Cl)cc(-n4nc(C(F)F)c(=O)[nH]c4=O)cc3Cl)cc2N([SH](=O)=O)C2(C(=O)NC3CC3)CC2)cc1. The molecule has 2 N–H and O–H groups in total. The highest BCUT2D eigenvalue weighted by atomic mass is 35.5. The van der Waals surface area contributed by atoms with Crippen molar-refractivity contribution in [3.63, 3.8) is 0 Å². The van der Waals surface area contributed by atoms with Crippen molar-refractivity contribution in [2.45, 2.75) is 50.3 Å². The van der Waals surface area contributed by atoms with E-state index in [1.54, 1.807) is 29.2 Å². The number of rotatable bonds is 13. The van der Waals surface area contributed by atoms with Gasteiger partial charge in [-0.1, -0.05) is 35.3 Å². The van der Waals surface area contributed by atoms with Gasteiger partial charge in [-0.05, 0) is 67.6 Å². The molecule has 2 saturated carbocycles. The van der Waals surface area contributed by atoms with Gasteiger partial charge in [0.15, 0.2) is 11.4 Å². The van der Waals surface area contributed by atoms with Crippen LogP contribution in [0.15, 0.2) is 64.2 Å². The number of thiol groups is 1. The first-order valence-corrected chi connectivity index (χ1v) is 16.6. The van der Waals surface area contributed by atoms with Crippen molar-refractivity contribution < 1.29 is 36.2 Å². The van der Waals surface area contributed by atoms with E-state index in [9.17, 15) is 31.6 Å². The topological polar surface area (TPSA) is 162 Å². The van der Waals surface area contributed by atoms with Crippen molar-refractivity contribution in [2.75, 3.05) is 11.4 Å². The molecule has 0 bridgehead atoms. The fraction of sp³-hybridized carbons (Fsp3) is 0.290. The average molecular weight is 739 g/mol. The van der Waals surface area contributed by atoms with Gasteiger partial charge in [0.2, 0.25) is 16.8 Å². The molecule has 258 valence electrons. The molecule has 0 radical (unpaired) electrons. The Morgan fingerprint density at radius 1 is 1.08 bits per heavy atom. The lowest BCUT2D eigenvalue weighted by Gasteiger charge is -2.29. The van der Waals surface area contributed by atoms with E-state index >= 15 is 0 Å². The van der Waals surface area contributed by atoms with Crippen LogP contribution in [-0.4, -0.2) is 47.8 Å². The summed E-state index contributed by atoms with van der Waals surface area (Å²) >= 11 is 12.9. The fourth-order valence-electron chi connectivity index (χ4n) is 5.02. The number of aromatic amines is 1. The Morgan fingerprint density at radius 2 is 1.73 bits per heavy atom. The highest BCUT2D eigenvalue weighted by molar-refractivity contribution is 7.74. The molecule has 2 aliphatic carbocycles. The summed E-state index contributed by atoms with van der Waals surface area (Å²) in [6, 6.07) is 13.7. The first-order chi connectivity index (χ1) is 23.4. The van der Waals surface area contributed by atoms with Crippen molar-refractivity contribution >= 4 is 45.7 Å². The zero-order valence-electron chi connectivity index (χ0n) is 25.5. The number of carbonyl (C=O) groups is 1. The molecule has 49 heavy (non-hydrogen) atoms. The lowest BCUT2D eigenvalue weighted by atomic mass is 10.2. The average Bonchev–Trinajstić information content (AvgIpc) is 4.00. The Bertz CT molecular complexity index is 2090. The number of amides is 1. The van der Waals surface area contributed by atoms with Crippen LogP contribution in [0.25, 0.3) is 5.69 Å². The second-order valence-corrected chi connectivity index (χ2v) is 13.0. The molecule has 0 atom stereocenters.